The number of piperidine rings is 1. The molecule has 1 saturated heterocycles. The molecule has 1 fully saturated rings. The minimum Gasteiger partial charge on any atom is -0.389 e. The van der Waals surface area contributed by atoms with Crippen LogP contribution >= 0.6 is 0 Å². The summed E-state index contributed by atoms with van der Waals surface area (Å²) in [6, 6.07) is 0.0760. The molecule has 0 bridgehead atoms. The van der Waals surface area contributed by atoms with Crippen LogP contribution in [0.5, 0.6) is 0 Å². The molecule has 0 aliphatic carbocycles. The van der Waals surface area contributed by atoms with Gasteiger partial charge >= 0.3 is 0 Å². The maximum atomic E-state index is 12.3. The predicted molar refractivity (Wildman–Crippen MR) is 110 cm³/mol. The highest BCUT2D eigenvalue weighted by molar-refractivity contribution is 5.77. The summed E-state index contributed by atoms with van der Waals surface area (Å²) < 4.78 is 0. The van der Waals surface area contributed by atoms with Gasteiger partial charge in [-0.25, -0.2) is 0 Å². The Kier molecular flexibility index (Phi) is 11.7. The van der Waals surface area contributed by atoms with Crippen molar-refractivity contribution >= 4 is 11.8 Å². The molecule has 0 spiro atoms. The third-order valence-corrected chi connectivity index (χ3v) is 5.00. The van der Waals surface area contributed by atoms with Gasteiger partial charge < -0.3 is 14.9 Å². The quantitative estimate of drug-likeness (QED) is 0.416. The lowest BCUT2D eigenvalue weighted by atomic mass is 10.00. The molecular weight excluding hydrogens is 340 g/mol. The molecular formula is C22H38N2O3. The van der Waals surface area contributed by atoms with E-state index in [2.05, 4.69) is 13.0 Å². The van der Waals surface area contributed by atoms with Gasteiger partial charge in [-0.2, -0.15) is 0 Å². The van der Waals surface area contributed by atoms with E-state index in [0.29, 0.717) is 19.4 Å². The molecule has 0 radical (unpaired) electrons. The lowest BCUT2D eigenvalue weighted by Crippen LogP contribution is -2.42. The summed E-state index contributed by atoms with van der Waals surface area (Å²) >= 11 is 0. The molecule has 0 aromatic carbocycles. The second-order valence-electron chi connectivity index (χ2n) is 7.61. The van der Waals surface area contributed by atoms with Crippen LogP contribution in [-0.4, -0.2) is 59.5 Å². The van der Waals surface area contributed by atoms with Gasteiger partial charge in [-0.1, -0.05) is 50.5 Å². The number of amides is 2. The monoisotopic (exact) mass is 378 g/mol. The standard InChI is InChI=1S/C22H38N2O3/c1-4-5-8-13-20(25)17-16-19-12-11-15-22(27)24(19)18-10-7-6-9-14-21(26)23(2)3/h7,10,16-17,19-20,25H,4-6,8-9,11-15,18H2,1-3H3/t19-,20?/m1/s1. The summed E-state index contributed by atoms with van der Waals surface area (Å²) in [5, 5.41) is 10.1. The second-order valence-corrected chi connectivity index (χ2v) is 7.61. The molecule has 1 rings (SSSR count). The van der Waals surface area contributed by atoms with Crippen LogP contribution in [0.3, 0.4) is 0 Å². The Balaban J connectivity index is 2.43. The first kappa shape index (κ1) is 23.4. The smallest absolute Gasteiger partial charge is 0.223 e. The number of rotatable bonds is 12. The van der Waals surface area contributed by atoms with Crippen molar-refractivity contribution in [3.63, 3.8) is 0 Å². The van der Waals surface area contributed by atoms with E-state index < -0.39 is 6.10 Å². The van der Waals surface area contributed by atoms with E-state index in [0.717, 1.165) is 51.4 Å². The molecule has 1 unspecified atom stereocenters. The average molecular weight is 379 g/mol. The maximum absolute atomic E-state index is 12.3. The number of nitrogens with zero attached hydrogens (tertiary/aromatic N) is 2. The highest BCUT2D eigenvalue weighted by Crippen LogP contribution is 2.20. The molecule has 2 amide bonds. The van der Waals surface area contributed by atoms with Gasteiger partial charge in [0.05, 0.1) is 12.1 Å². The Bertz CT molecular complexity index is 500. The first-order valence-corrected chi connectivity index (χ1v) is 10.5. The van der Waals surface area contributed by atoms with Crippen molar-refractivity contribution < 1.29 is 14.7 Å². The van der Waals surface area contributed by atoms with E-state index in [4.69, 9.17) is 0 Å². The predicted octanol–water partition coefficient (Wildman–Crippen LogP) is 3.68. The molecule has 27 heavy (non-hydrogen) atoms. The van der Waals surface area contributed by atoms with Crippen molar-refractivity contribution in [3.05, 3.63) is 24.3 Å². The zero-order valence-electron chi connectivity index (χ0n) is 17.4. The van der Waals surface area contributed by atoms with E-state index in [1.165, 1.54) is 0 Å². The Morgan fingerprint density at radius 3 is 2.78 bits per heavy atom. The van der Waals surface area contributed by atoms with E-state index in [1.54, 1.807) is 19.0 Å². The number of hydrogen-bond donors (Lipinski definition) is 1. The van der Waals surface area contributed by atoms with Crippen LogP contribution in [0, 0.1) is 0 Å². The number of hydrogen-bond acceptors (Lipinski definition) is 3. The van der Waals surface area contributed by atoms with Gasteiger partial charge in [0.2, 0.25) is 11.8 Å². The number of allylic oxidation sites excluding steroid dienone is 1. The second kappa shape index (κ2) is 13.5. The van der Waals surface area contributed by atoms with Crippen LogP contribution in [0.15, 0.2) is 24.3 Å². The molecule has 0 aromatic rings. The number of carbonyl (C=O) groups excluding carboxylic acids is 2. The topological polar surface area (TPSA) is 60.9 Å². The zero-order valence-corrected chi connectivity index (χ0v) is 17.4. The fourth-order valence-electron chi connectivity index (χ4n) is 3.24. The molecule has 5 nitrogen and oxygen atoms in total. The minimum absolute atomic E-state index is 0.0760. The van der Waals surface area contributed by atoms with Crippen molar-refractivity contribution in [2.75, 3.05) is 20.6 Å². The van der Waals surface area contributed by atoms with Crippen molar-refractivity contribution in [3.8, 4) is 0 Å². The van der Waals surface area contributed by atoms with Gasteiger partial charge in [-0.05, 0) is 32.1 Å². The fourth-order valence-corrected chi connectivity index (χ4v) is 3.24. The normalized spacial score (nSPS) is 19.2. The van der Waals surface area contributed by atoms with Crippen molar-refractivity contribution in [2.45, 2.75) is 83.3 Å². The van der Waals surface area contributed by atoms with E-state index in [-0.39, 0.29) is 17.9 Å². The number of aliphatic hydroxyl groups excluding tert-OH is 1. The Labute approximate surface area is 165 Å². The molecule has 2 atom stereocenters. The van der Waals surface area contributed by atoms with Gasteiger partial charge in [0.25, 0.3) is 0 Å². The van der Waals surface area contributed by atoms with E-state index in [1.807, 2.05) is 23.1 Å². The largest absolute Gasteiger partial charge is 0.389 e. The summed E-state index contributed by atoms with van der Waals surface area (Å²) in [6.45, 7) is 2.75. The summed E-state index contributed by atoms with van der Waals surface area (Å²) in [5.74, 6) is 0.334. The van der Waals surface area contributed by atoms with Crippen molar-refractivity contribution in [1.29, 1.82) is 0 Å². The SMILES string of the molecule is CCCCCC(O)C=C[C@H]1CCCC(=O)N1CC=CCCCC(=O)N(C)C. The molecule has 1 N–H and O–H groups in total. The zero-order chi connectivity index (χ0) is 20.1. The van der Waals surface area contributed by atoms with Crippen LogP contribution in [0.2, 0.25) is 0 Å². The highest BCUT2D eigenvalue weighted by Gasteiger charge is 2.25. The summed E-state index contributed by atoms with van der Waals surface area (Å²) in [6.07, 6.45) is 16.4. The molecule has 0 saturated carbocycles. The fraction of sp³-hybridized carbons (Fsp3) is 0.727. The maximum Gasteiger partial charge on any atom is 0.223 e. The van der Waals surface area contributed by atoms with Gasteiger partial charge in [-0.15, -0.1) is 0 Å². The van der Waals surface area contributed by atoms with Crippen LogP contribution < -0.4 is 0 Å². The Morgan fingerprint density at radius 2 is 2.07 bits per heavy atom. The van der Waals surface area contributed by atoms with E-state index >= 15 is 0 Å². The number of likely N-dealkylation sites (tertiary alicyclic amines) is 1. The van der Waals surface area contributed by atoms with Crippen LogP contribution in [0.4, 0.5) is 0 Å². The molecule has 1 aliphatic rings. The number of aliphatic hydroxyl groups is 1. The summed E-state index contributed by atoms with van der Waals surface area (Å²) in [5.41, 5.74) is 0. The number of carbonyl (C=O) groups is 2. The third kappa shape index (κ3) is 9.76. The lowest BCUT2D eigenvalue weighted by Gasteiger charge is -2.33. The minimum atomic E-state index is -0.416. The highest BCUT2D eigenvalue weighted by atomic mass is 16.3. The molecule has 1 aliphatic heterocycles. The lowest BCUT2D eigenvalue weighted by molar-refractivity contribution is -0.134. The van der Waals surface area contributed by atoms with Gasteiger partial charge in [0.15, 0.2) is 0 Å². The first-order valence-electron chi connectivity index (χ1n) is 10.5. The molecule has 1 heterocycles. The Hall–Kier alpha value is -1.62. The average Bonchev–Trinajstić information content (AvgIpc) is 2.64. The summed E-state index contributed by atoms with van der Waals surface area (Å²) in [7, 11) is 3.54. The molecule has 0 aromatic heterocycles. The summed E-state index contributed by atoms with van der Waals surface area (Å²) in [4.78, 5) is 27.3. The van der Waals surface area contributed by atoms with Crippen LogP contribution in [0.25, 0.3) is 0 Å². The Morgan fingerprint density at radius 1 is 1.30 bits per heavy atom. The van der Waals surface area contributed by atoms with Crippen molar-refractivity contribution in [1.82, 2.24) is 9.80 Å². The number of unbranched alkanes of at least 4 members (excludes halogenated alkanes) is 3. The van der Waals surface area contributed by atoms with Crippen LogP contribution in [-0.2, 0) is 9.59 Å². The molecule has 5 heteroatoms. The van der Waals surface area contributed by atoms with Crippen molar-refractivity contribution in [2.24, 2.45) is 0 Å². The third-order valence-electron chi connectivity index (χ3n) is 5.00. The van der Waals surface area contributed by atoms with E-state index in [9.17, 15) is 14.7 Å². The van der Waals surface area contributed by atoms with Crippen LogP contribution in [0.1, 0.15) is 71.1 Å². The van der Waals surface area contributed by atoms with Gasteiger partial charge in [-0.3, -0.25) is 9.59 Å². The van der Waals surface area contributed by atoms with Gasteiger partial charge in [0, 0.05) is 33.5 Å². The first-order chi connectivity index (χ1) is 13.0. The molecule has 154 valence electrons. The van der Waals surface area contributed by atoms with Gasteiger partial charge in [0.1, 0.15) is 0 Å².